The van der Waals surface area contributed by atoms with E-state index < -0.39 is 0 Å². The summed E-state index contributed by atoms with van der Waals surface area (Å²) in [7, 11) is 1.62. The molecule has 0 saturated carbocycles. The SMILES string of the molecule is COc1ccc(CC(=O)Nc2ccc(NCCCc3ccccc3)cn2)cc1. The summed E-state index contributed by atoms with van der Waals surface area (Å²) in [4.78, 5) is 16.5. The van der Waals surface area contributed by atoms with Gasteiger partial charge in [-0.2, -0.15) is 0 Å². The highest BCUT2D eigenvalue weighted by Crippen LogP contribution is 2.13. The van der Waals surface area contributed by atoms with Gasteiger partial charge in [-0.15, -0.1) is 0 Å². The largest absolute Gasteiger partial charge is 0.497 e. The molecule has 0 aliphatic rings. The highest BCUT2D eigenvalue weighted by molar-refractivity contribution is 5.91. The Balaban J connectivity index is 1.41. The third-order valence-electron chi connectivity index (χ3n) is 4.37. The molecule has 2 N–H and O–H groups in total. The molecule has 0 bridgehead atoms. The van der Waals surface area contributed by atoms with E-state index in [4.69, 9.17) is 4.74 Å². The van der Waals surface area contributed by atoms with Crippen LogP contribution in [-0.2, 0) is 17.6 Å². The minimum Gasteiger partial charge on any atom is -0.497 e. The zero-order valence-corrected chi connectivity index (χ0v) is 16.0. The van der Waals surface area contributed by atoms with Crippen molar-refractivity contribution in [2.24, 2.45) is 0 Å². The summed E-state index contributed by atoms with van der Waals surface area (Å²) < 4.78 is 5.12. The summed E-state index contributed by atoms with van der Waals surface area (Å²) in [5.41, 5.74) is 3.22. The van der Waals surface area contributed by atoms with E-state index in [1.165, 1.54) is 5.56 Å². The third kappa shape index (κ3) is 6.13. The number of carbonyl (C=O) groups excluding carboxylic acids is 1. The van der Waals surface area contributed by atoms with Crippen molar-refractivity contribution in [1.29, 1.82) is 0 Å². The molecular weight excluding hydrogens is 350 g/mol. The monoisotopic (exact) mass is 375 g/mol. The molecule has 28 heavy (non-hydrogen) atoms. The molecule has 0 radical (unpaired) electrons. The number of hydrogen-bond acceptors (Lipinski definition) is 4. The fourth-order valence-electron chi connectivity index (χ4n) is 2.86. The van der Waals surface area contributed by atoms with Crippen molar-refractivity contribution >= 4 is 17.4 Å². The lowest BCUT2D eigenvalue weighted by molar-refractivity contribution is -0.115. The van der Waals surface area contributed by atoms with Crippen molar-refractivity contribution in [2.45, 2.75) is 19.3 Å². The predicted molar refractivity (Wildman–Crippen MR) is 113 cm³/mol. The van der Waals surface area contributed by atoms with Gasteiger partial charge in [-0.05, 0) is 48.2 Å². The van der Waals surface area contributed by atoms with Gasteiger partial charge in [0.15, 0.2) is 0 Å². The van der Waals surface area contributed by atoms with Gasteiger partial charge in [-0.1, -0.05) is 42.5 Å². The average Bonchev–Trinajstić information content (AvgIpc) is 2.73. The summed E-state index contributed by atoms with van der Waals surface area (Å²) in [5, 5.41) is 6.18. The quantitative estimate of drug-likeness (QED) is 0.547. The van der Waals surface area contributed by atoms with E-state index in [9.17, 15) is 4.79 Å². The normalized spacial score (nSPS) is 10.3. The fourth-order valence-corrected chi connectivity index (χ4v) is 2.86. The second-order valence-electron chi connectivity index (χ2n) is 6.52. The Morgan fingerprint density at radius 1 is 0.964 bits per heavy atom. The number of methoxy groups -OCH3 is 1. The molecule has 1 aromatic heterocycles. The number of anilines is 2. The molecular formula is C23H25N3O2. The number of nitrogens with zero attached hydrogens (tertiary/aromatic N) is 1. The predicted octanol–water partition coefficient (Wildman–Crippen LogP) is 4.32. The maximum atomic E-state index is 12.2. The number of ether oxygens (including phenoxy) is 1. The number of aryl methyl sites for hydroxylation is 1. The van der Waals surface area contributed by atoms with Crippen molar-refractivity contribution in [1.82, 2.24) is 4.98 Å². The molecule has 0 saturated heterocycles. The Hall–Kier alpha value is -3.34. The maximum absolute atomic E-state index is 12.2. The molecule has 3 rings (SSSR count). The fraction of sp³-hybridized carbons (Fsp3) is 0.217. The topological polar surface area (TPSA) is 63.2 Å². The van der Waals surface area contributed by atoms with Gasteiger partial charge >= 0.3 is 0 Å². The lowest BCUT2D eigenvalue weighted by Gasteiger charge is -2.08. The van der Waals surface area contributed by atoms with Gasteiger partial charge in [0.05, 0.1) is 25.4 Å². The first-order valence-electron chi connectivity index (χ1n) is 9.39. The van der Waals surface area contributed by atoms with Crippen LogP contribution in [0.3, 0.4) is 0 Å². The number of rotatable bonds is 9. The van der Waals surface area contributed by atoms with Crippen LogP contribution in [0.5, 0.6) is 5.75 Å². The maximum Gasteiger partial charge on any atom is 0.229 e. The van der Waals surface area contributed by atoms with Crippen molar-refractivity contribution in [3.8, 4) is 5.75 Å². The molecule has 2 aromatic carbocycles. The summed E-state index contributed by atoms with van der Waals surface area (Å²) >= 11 is 0. The lowest BCUT2D eigenvalue weighted by Crippen LogP contribution is -2.15. The summed E-state index contributed by atoms with van der Waals surface area (Å²) in [6, 6.07) is 21.6. The Kier molecular flexibility index (Phi) is 7.01. The number of benzene rings is 2. The van der Waals surface area contributed by atoms with Crippen LogP contribution in [0, 0.1) is 0 Å². The third-order valence-corrected chi connectivity index (χ3v) is 4.37. The second-order valence-corrected chi connectivity index (χ2v) is 6.52. The lowest BCUT2D eigenvalue weighted by atomic mass is 10.1. The molecule has 0 unspecified atom stereocenters. The molecule has 5 heteroatoms. The molecule has 0 spiro atoms. The van der Waals surface area contributed by atoms with Crippen LogP contribution in [0.4, 0.5) is 11.5 Å². The van der Waals surface area contributed by atoms with Crippen molar-refractivity contribution in [3.05, 3.63) is 84.1 Å². The number of hydrogen-bond donors (Lipinski definition) is 2. The zero-order chi connectivity index (χ0) is 19.6. The Morgan fingerprint density at radius 3 is 2.43 bits per heavy atom. The first-order valence-corrected chi connectivity index (χ1v) is 9.39. The number of carbonyl (C=O) groups is 1. The Morgan fingerprint density at radius 2 is 1.75 bits per heavy atom. The molecule has 5 nitrogen and oxygen atoms in total. The highest BCUT2D eigenvalue weighted by atomic mass is 16.5. The smallest absolute Gasteiger partial charge is 0.229 e. The molecule has 0 fully saturated rings. The molecule has 1 amide bonds. The van der Waals surface area contributed by atoms with E-state index in [0.717, 1.165) is 36.4 Å². The Labute approximate surface area is 165 Å². The van der Waals surface area contributed by atoms with Crippen LogP contribution >= 0.6 is 0 Å². The number of aromatic nitrogens is 1. The van der Waals surface area contributed by atoms with E-state index in [-0.39, 0.29) is 5.91 Å². The number of pyridine rings is 1. The Bertz CT molecular complexity index is 863. The van der Waals surface area contributed by atoms with Crippen LogP contribution in [0.15, 0.2) is 72.9 Å². The minimum absolute atomic E-state index is 0.0961. The molecule has 1 heterocycles. The average molecular weight is 375 g/mol. The first kappa shape index (κ1) is 19.4. The van der Waals surface area contributed by atoms with Crippen LogP contribution < -0.4 is 15.4 Å². The molecule has 3 aromatic rings. The van der Waals surface area contributed by atoms with Gasteiger partial charge in [-0.3, -0.25) is 4.79 Å². The van der Waals surface area contributed by atoms with Gasteiger partial charge in [-0.25, -0.2) is 4.98 Å². The van der Waals surface area contributed by atoms with Crippen molar-refractivity contribution in [2.75, 3.05) is 24.3 Å². The van der Waals surface area contributed by atoms with Gasteiger partial charge in [0, 0.05) is 6.54 Å². The minimum atomic E-state index is -0.0961. The summed E-state index contributed by atoms with van der Waals surface area (Å²) in [6.45, 7) is 0.875. The van der Waals surface area contributed by atoms with Crippen LogP contribution in [0.25, 0.3) is 0 Å². The van der Waals surface area contributed by atoms with Crippen LogP contribution in [0.2, 0.25) is 0 Å². The van der Waals surface area contributed by atoms with E-state index in [1.807, 2.05) is 42.5 Å². The number of amides is 1. The molecule has 0 aliphatic heterocycles. The molecule has 144 valence electrons. The first-order chi connectivity index (χ1) is 13.7. The van der Waals surface area contributed by atoms with Crippen LogP contribution in [-0.4, -0.2) is 24.5 Å². The van der Waals surface area contributed by atoms with Crippen molar-refractivity contribution in [3.63, 3.8) is 0 Å². The van der Waals surface area contributed by atoms with E-state index in [2.05, 4.69) is 39.9 Å². The summed E-state index contributed by atoms with van der Waals surface area (Å²) in [5.74, 6) is 1.23. The summed E-state index contributed by atoms with van der Waals surface area (Å²) in [6.07, 6.45) is 4.13. The molecule has 0 atom stereocenters. The standard InChI is InChI=1S/C23H25N3O2/c1-28-21-12-9-19(10-13-21)16-23(27)26-22-14-11-20(17-25-22)24-15-5-8-18-6-3-2-4-7-18/h2-4,6-7,9-14,17,24H,5,8,15-16H2,1H3,(H,25,26,27). The van der Waals surface area contributed by atoms with Gasteiger partial charge in [0.2, 0.25) is 5.91 Å². The van der Waals surface area contributed by atoms with Crippen LogP contribution in [0.1, 0.15) is 17.5 Å². The zero-order valence-electron chi connectivity index (χ0n) is 16.0. The highest BCUT2D eigenvalue weighted by Gasteiger charge is 2.05. The van der Waals surface area contributed by atoms with Gasteiger partial charge in [0.1, 0.15) is 11.6 Å². The van der Waals surface area contributed by atoms with Gasteiger partial charge < -0.3 is 15.4 Å². The van der Waals surface area contributed by atoms with E-state index >= 15 is 0 Å². The van der Waals surface area contributed by atoms with Crippen molar-refractivity contribution < 1.29 is 9.53 Å². The molecule has 0 aliphatic carbocycles. The van der Waals surface area contributed by atoms with Gasteiger partial charge in [0.25, 0.3) is 0 Å². The second kappa shape index (κ2) is 10.1. The number of nitrogens with one attached hydrogen (secondary N) is 2. The van der Waals surface area contributed by atoms with E-state index in [0.29, 0.717) is 12.2 Å². The van der Waals surface area contributed by atoms with E-state index in [1.54, 1.807) is 13.3 Å².